The number of esters is 1. The van der Waals surface area contributed by atoms with Crippen molar-refractivity contribution in [1.82, 2.24) is 0 Å². The number of carbonyl (C=O) groups excluding carboxylic acids is 1. The number of fused-ring (bicyclic) bond motifs is 2. The van der Waals surface area contributed by atoms with Crippen molar-refractivity contribution in [2.45, 2.75) is 59.5 Å². The molecule has 2 atom stereocenters. The molecule has 0 radical (unpaired) electrons. The van der Waals surface area contributed by atoms with Crippen LogP contribution in [0.5, 0.6) is 0 Å². The normalized spacial score (nSPS) is 29.1. The van der Waals surface area contributed by atoms with Gasteiger partial charge in [-0.1, -0.05) is 27.7 Å². The third-order valence-electron chi connectivity index (χ3n) is 2.24. The average molecular weight is 186 g/mol. The standard InChI is InChI=1S/C7H10O2.2C2H6/c8-7-5-2-1-3-6(4-5)9-7;2*1-2/h5-6H,1-4H2;2*1-2H3. The molecular weight excluding hydrogens is 164 g/mol. The summed E-state index contributed by atoms with van der Waals surface area (Å²) in [6.07, 6.45) is 4.63. The molecule has 1 aliphatic carbocycles. The Morgan fingerprint density at radius 2 is 1.77 bits per heavy atom. The zero-order valence-electron chi connectivity index (χ0n) is 9.30. The second-order valence-electron chi connectivity index (χ2n) is 2.92. The molecule has 0 aromatic heterocycles. The van der Waals surface area contributed by atoms with Crippen LogP contribution in [0.25, 0.3) is 0 Å². The van der Waals surface area contributed by atoms with Gasteiger partial charge in [-0.3, -0.25) is 4.79 Å². The van der Waals surface area contributed by atoms with E-state index in [2.05, 4.69) is 0 Å². The van der Waals surface area contributed by atoms with Crippen molar-refractivity contribution in [3.05, 3.63) is 0 Å². The Labute approximate surface area is 81.7 Å². The summed E-state index contributed by atoms with van der Waals surface area (Å²) < 4.78 is 5.05. The van der Waals surface area contributed by atoms with E-state index in [0.29, 0.717) is 0 Å². The van der Waals surface area contributed by atoms with E-state index < -0.39 is 0 Å². The van der Waals surface area contributed by atoms with E-state index in [9.17, 15) is 4.79 Å². The van der Waals surface area contributed by atoms with Crippen molar-refractivity contribution in [3.63, 3.8) is 0 Å². The lowest BCUT2D eigenvalue weighted by Crippen LogP contribution is -2.10. The smallest absolute Gasteiger partial charge is 0.309 e. The Morgan fingerprint density at radius 3 is 2.23 bits per heavy atom. The van der Waals surface area contributed by atoms with Gasteiger partial charge in [-0.05, 0) is 25.7 Å². The van der Waals surface area contributed by atoms with Gasteiger partial charge in [0, 0.05) is 0 Å². The molecule has 13 heavy (non-hydrogen) atoms. The molecule has 1 heterocycles. The summed E-state index contributed by atoms with van der Waals surface area (Å²) >= 11 is 0. The molecule has 2 rings (SSSR count). The summed E-state index contributed by atoms with van der Waals surface area (Å²) in [5, 5.41) is 0. The molecular formula is C11H22O2. The van der Waals surface area contributed by atoms with E-state index in [-0.39, 0.29) is 18.0 Å². The zero-order chi connectivity index (χ0) is 10.3. The predicted molar refractivity (Wildman–Crippen MR) is 54.5 cm³/mol. The second-order valence-corrected chi connectivity index (χ2v) is 2.92. The van der Waals surface area contributed by atoms with Gasteiger partial charge in [-0.15, -0.1) is 0 Å². The maximum absolute atomic E-state index is 10.8. The summed E-state index contributed by atoms with van der Waals surface area (Å²) in [5.41, 5.74) is 0. The molecule has 2 fully saturated rings. The van der Waals surface area contributed by atoms with Gasteiger partial charge in [0.05, 0.1) is 5.92 Å². The van der Waals surface area contributed by atoms with Gasteiger partial charge < -0.3 is 4.74 Å². The second kappa shape index (κ2) is 6.93. The predicted octanol–water partition coefficient (Wildman–Crippen LogP) is 3.15. The first-order valence-corrected chi connectivity index (χ1v) is 5.57. The molecule has 1 saturated carbocycles. The molecule has 2 nitrogen and oxygen atoms in total. The molecule has 0 spiro atoms. The van der Waals surface area contributed by atoms with Crippen LogP contribution in [0.1, 0.15) is 53.4 Å². The van der Waals surface area contributed by atoms with Crippen molar-refractivity contribution >= 4 is 5.97 Å². The van der Waals surface area contributed by atoms with E-state index in [1.54, 1.807) is 0 Å². The summed E-state index contributed by atoms with van der Waals surface area (Å²) in [4.78, 5) is 10.8. The van der Waals surface area contributed by atoms with Crippen LogP contribution in [0.3, 0.4) is 0 Å². The third kappa shape index (κ3) is 3.37. The summed E-state index contributed by atoms with van der Waals surface area (Å²) in [6, 6.07) is 0. The van der Waals surface area contributed by atoms with Gasteiger partial charge in [0.25, 0.3) is 0 Å². The summed E-state index contributed by atoms with van der Waals surface area (Å²) in [6.45, 7) is 8.00. The lowest BCUT2D eigenvalue weighted by molar-refractivity contribution is -0.143. The maximum Gasteiger partial charge on any atom is 0.309 e. The number of rotatable bonds is 0. The Kier molecular flexibility index (Phi) is 6.65. The van der Waals surface area contributed by atoms with E-state index in [4.69, 9.17) is 4.74 Å². The fourth-order valence-corrected chi connectivity index (χ4v) is 1.73. The van der Waals surface area contributed by atoms with Gasteiger partial charge in [-0.25, -0.2) is 0 Å². The molecule has 2 bridgehead atoms. The molecule has 0 N–H and O–H groups in total. The van der Waals surface area contributed by atoms with E-state index in [1.165, 1.54) is 6.42 Å². The van der Waals surface area contributed by atoms with Crippen molar-refractivity contribution in [2.24, 2.45) is 5.92 Å². The number of carbonyl (C=O) groups is 1. The van der Waals surface area contributed by atoms with Crippen LogP contribution in [0.4, 0.5) is 0 Å². The fourth-order valence-electron chi connectivity index (χ4n) is 1.73. The van der Waals surface area contributed by atoms with Gasteiger partial charge >= 0.3 is 5.97 Å². The number of hydrogen-bond donors (Lipinski definition) is 0. The van der Waals surface area contributed by atoms with Crippen molar-refractivity contribution < 1.29 is 9.53 Å². The Balaban J connectivity index is 0.000000322. The minimum Gasteiger partial charge on any atom is -0.462 e. The Hall–Kier alpha value is -0.530. The SMILES string of the molecule is CC.CC.O=C1OC2CCCC1C2. The average Bonchev–Trinajstić information content (AvgIpc) is 2.47. The Bertz CT molecular complexity index is 143. The van der Waals surface area contributed by atoms with Crippen LogP contribution in [0, 0.1) is 5.92 Å². The van der Waals surface area contributed by atoms with Gasteiger partial charge in [0.1, 0.15) is 6.10 Å². The van der Waals surface area contributed by atoms with Crippen molar-refractivity contribution in [1.29, 1.82) is 0 Å². The molecule has 0 aromatic rings. The minimum absolute atomic E-state index is 0.0532. The van der Waals surface area contributed by atoms with Crippen LogP contribution in [0.15, 0.2) is 0 Å². The third-order valence-corrected chi connectivity index (χ3v) is 2.24. The van der Waals surface area contributed by atoms with E-state index >= 15 is 0 Å². The lowest BCUT2D eigenvalue weighted by Gasteiger charge is -2.12. The maximum atomic E-state index is 10.8. The largest absolute Gasteiger partial charge is 0.462 e. The van der Waals surface area contributed by atoms with Gasteiger partial charge in [0.15, 0.2) is 0 Å². The monoisotopic (exact) mass is 186 g/mol. The fraction of sp³-hybridized carbons (Fsp3) is 0.909. The zero-order valence-corrected chi connectivity index (χ0v) is 9.30. The highest BCUT2D eigenvalue weighted by Crippen LogP contribution is 2.33. The first-order valence-electron chi connectivity index (χ1n) is 5.57. The molecule has 0 aromatic carbocycles. The number of ether oxygens (including phenoxy) is 1. The topological polar surface area (TPSA) is 26.3 Å². The van der Waals surface area contributed by atoms with E-state index in [1.807, 2.05) is 27.7 Å². The number of hydrogen-bond acceptors (Lipinski definition) is 2. The highest BCUT2D eigenvalue weighted by molar-refractivity contribution is 5.74. The van der Waals surface area contributed by atoms with Crippen LogP contribution in [-0.4, -0.2) is 12.1 Å². The van der Waals surface area contributed by atoms with Crippen LogP contribution >= 0.6 is 0 Å². The molecule has 78 valence electrons. The molecule has 2 unspecified atom stereocenters. The van der Waals surface area contributed by atoms with Gasteiger partial charge in [0.2, 0.25) is 0 Å². The first kappa shape index (κ1) is 12.5. The van der Waals surface area contributed by atoms with Crippen molar-refractivity contribution in [2.75, 3.05) is 0 Å². The van der Waals surface area contributed by atoms with Crippen LogP contribution < -0.4 is 0 Å². The van der Waals surface area contributed by atoms with Crippen LogP contribution in [0.2, 0.25) is 0 Å². The first-order chi connectivity index (χ1) is 6.36. The highest BCUT2D eigenvalue weighted by Gasteiger charge is 2.37. The molecule has 2 aliphatic rings. The molecule has 0 amide bonds. The van der Waals surface area contributed by atoms with Gasteiger partial charge in [-0.2, -0.15) is 0 Å². The minimum atomic E-state index is 0.0532. The van der Waals surface area contributed by atoms with E-state index in [0.717, 1.165) is 19.3 Å². The lowest BCUT2D eigenvalue weighted by atomic mass is 9.90. The van der Waals surface area contributed by atoms with Crippen LogP contribution in [-0.2, 0) is 9.53 Å². The molecule has 1 saturated heterocycles. The highest BCUT2D eigenvalue weighted by atomic mass is 16.6. The summed E-state index contributed by atoms with van der Waals surface area (Å²) in [5.74, 6) is 0.321. The quantitative estimate of drug-likeness (QED) is 0.543. The molecule has 1 aliphatic heterocycles. The summed E-state index contributed by atoms with van der Waals surface area (Å²) in [7, 11) is 0. The Morgan fingerprint density at radius 1 is 1.15 bits per heavy atom. The molecule has 2 heteroatoms. The van der Waals surface area contributed by atoms with Crippen molar-refractivity contribution in [3.8, 4) is 0 Å².